The van der Waals surface area contributed by atoms with Crippen molar-refractivity contribution in [3.63, 3.8) is 0 Å². The number of hydrogen-bond acceptors (Lipinski definition) is 2. The van der Waals surface area contributed by atoms with Gasteiger partial charge in [0.15, 0.2) is 0 Å². The first-order chi connectivity index (χ1) is 7.56. The quantitative estimate of drug-likeness (QED) is 0.784. The van der Waals surface area contributed by atoms with E-state index in [0.29, 0.717) is 17.8 Å². The number of anilines is 2. The molecule has 0 spiro atoms. The Labute approximate surface area is 94.6 Å². The summed E-state index contributed by atoms with van der Waals surface area (Å²) in [6.07, 6.45) is 0.695. The van der Waals surface area contributed by atoms with Crippen LogP contribution in [0.1, 0.15) is 0 Å². The summed E-state index contributed by atoms with van der Waals surface area (Å²) in [6, 6.07) is 6.89. The van der Waals surface area contributed by atoms with Crippen molar-refractivity contribution in [2.45, 2.75) is 0 Å². The van der Waals surface area contributed by atoms with Gasteiger partial charge in [-0.25, -0.2) is 4.79 Å². The summed E-state index contributed by atoms with van der Waals surface area (Å²) in [7, 11) is 4.94. The summed E-state index contributed by atoms with van der Waals surface area (Å²) in [4.78, 5) is 25.0. The van der Waals surface area contributed by atoms with Gasteiger partial charge in [-0.05, 0) is 12.1 Å². The van der Waals surface area contributed by atoms with Crippen molar-refractivity contribution in [2.75, 3.05) is 31.4 Å². The highest BCUT2D eigenvalue weighted by Crippen LogP contribution is 2.23. The topological polar surface area (TPSA) is 52.7 Å². The Hall–Kier alpha value is -2.04. The van der Waals surface area contributed by atoms with Crippen LogP contribution < -0.4 is 10.2 Å². The maximum Gasteiger partial charge on any atom is 0.321 e. The van der Waals surface area contributed by atoms with Gasteiger partial charge in [0.2, 0.25) is 6.41 Å². The number of nitrogens with zero attached hydrogens (tertiary/aromatic N) is 2. The van der Waals surface area contributed by atoms with E-state index >= 15 is 0 Å². The Morgan fingerprint density at radius 1 is 1.25 bits per heavy atom. The normalized spacial score (nSPS) is 9.44. The molecule has 0 atom stereocenters. The van der Waals surface area contributed by atoms with E-state index < -0.39 is 0 Å². The lowest BCUT2D eigenvalue weighted by atomic mass is 10.2. The number of carbonyl (C=O) groups is 2. The molecule has 0 bridgehead atoms. The minimum Gasteiger partial charge on any atom is -0.331 e. The number of nitrogens with one attached hydrogen (secondary N) is 1. The molecule has 0 aliphatic carbocycles. The van der Waals surface area contributed by atoms with Gasteiger partial charge in [-0.1, -0.05) is 12.1 Å². The van der Waals surface area contributed by atoms with E-state index in [4.69, 9.17) is 0 Å². The van der Waals surface area contributed by atoms with E-state index in [-0.39, 0.29) is 6.03 Å². The molecule has 1 N–H and O–H groups in total. The number of rotatable bonds is 3. The Morgan fingerprint density at radius 3 is 2.44 bits per heavy atom. The van der Waals surface area contributed by atoms with Crippen molar-refractivity contribution in [1.29, 1.82) is 0 Å². The third-order valence-corrected chi connectivity index (χ3v) is 2.09. The molecule has 0 saturated carbocycles. The smallest absolute Gasteiger partial charge is 0.321 e. The summed E-state index contributed by atoms with van der Waals surface area (Å²) in [5, 5.41) is 2.71. The van der Waals surface area contributed by atoms with Gasteiger partial charge in [0.1, 0.15) is 0 Å². The summed E-state index contributed by atoms with van der Waals surface area (Å²) in [5.41, 5.74) is 1.27. The van der Waals surface area contributed by atoms with Crippen LogP contribution in [0.4, 0.5) is 16.2 Å². The highest BCUT2D eigenvalue weighted by Gasteiger charge is 2.09. The van der Waals surface area contributed by atoms with Crippen LogP contribution in [0.3, 0.4) is 0 Å². The van der Waals surface area contributed by atoms with Gasteiger partial charge in [0.25, 0.3) is 0 Å². The average molecular weight is 221 g/mol. The summed E-state index contributed by atoms with van der Waals surface area (Å²) >= 11 is 0. The molecular formula is C11H15N3O2. The lowest BCUT2D eigenvalue weighted by Crippen LogP contribution is -2.28. The molecule has 86 valence electrons. The van der Waals surface area contributed by atoms with Crippen LogP contribution in [-0.2, 0) is 4.79 Å². The Bertz CT molecular complexity index is 391. The zero-order chi connectivity index (χ0) is 12.1. The Morgan fingerprint density at radius 2 is 1.88 bits per heavy atom. The highest BCUT2D eigenvalue weighted by molar-refractivity contribution is 5.95. The predicted octanol–water partition coefficient (Wildman–Crippen LogP) is 1.37. The van der Waals surface area contributed by atoms with Gasteiger partial charge in [-0.15, -0.1) is 0 Å². The van der Waals surface area contributed by atoms with Crippen LogP contribution in [0.15, 0.2) is 24.3 Å². The standard InChI is InChI=1S/C11H15N3O2/c1-13(2)11(16)12-9-6-4-5-7-10(9)14(3)8-15/h4-8H,1-3H3,(H,12,16). The lowest BCUT2D eigenvalue weighted by Gasteiger charge is -2.18. The molecule has 5 heteroatoms. The fourth-order valence-electron chi connectivity index (χ4n) is 1.17. The lowest BCUT2D eigenvalue weighted by molar-refractivity contribution is -0.107. The van der Waals surface area contributed by atoms with Crippen LogP contribution in [-0.4, -0.2) is 38.5 Å². The van der Waals surface area contributed by atoms with E-state index in [1.54, 1.807) is 45.4 Å². The van der Waals surface area contributed by atoms with E-state index in [1.165, 1.54) is 9.80 Å². The van der Waals surface area contributed by atoms with Crippen molar-refractivity contribution in [1.82, 2.24) is 4.90 Å². The molecule has 0 saturated heterocycles. The summed E-state index contributed by atoms with van der Waals surface area (Å²) in [5.74, 6) is 0. The molecule has 1 rings (SSSR count). The minimum absolute atomic E-state index is 0.230. The third-order valence-electron chi connectivity index (χ3n) is 2.09. The first-order valence-corrected chi connectivity index (χ1v) is 4.81. The number of benzene rings is 1. The molecule has 3 amide bonds. The summed E-state index contributed by atoms with van der Waals surface area (Å²) < 4.78 is 0. The molecule has 5 nitrogen and oxygen atoms in total. The molecule has 0 aliphatic heterocycles. The first kappa shape index (κ1) is 12.0. The highest BCUT2D eigenvalue weighted by atomic mass is 16.2. The van der Waals surface area contributed by atoms with Crippen LogP contribution in [0.2, 0.25) is 0 Å². The van der Waals surface area contributed by atoms with Gasteiger partial charge in [0, 0.05) is 21.1 Å². The zero-order valence-electron chi connectivity index (χ0n) is 9.60. The third kappa shape index (κ3) is 2.73. The molecule has 0 fully saturated rings. The van der Waals surface area contributed by atoms with Gasteiger partial charge in [0.05, 0.1) is 11.4 Å². The fraction of sp³-hybridized carbons (Fsp3) is 0.273. The monoisotopic (exact) mass is 221 g/mol. The van der Waals surface area contributed by atoms with Crippen LogP contribution in [0.25, 0.3) is 0 Å². The molecule has 1 aromatic carbocycles. The fourth-order valence-corrected chi connectivity index (χ4v) is 1.17. The molecule has 0 unspecified atom stereocenters. The SMILES string of the molecule is CN(C)C(=O)Nc1ccccc1N(C)C=O. The van der Waals surface area contributed by atoms with Crippen molar-refractivity contribution in [3.05, 3.63) is 24.3 Å². The summed E-state index contributed by atoms with van der Waals surface area (Å²) in [6.45, 7) is 0. The molecule has 0 aromatic heterocycles. The Balaban J connectivity index is 2.95. The maximum atomic E-state index is 11.5. The van der Waals surface area contributed by atoms with Gasteiger partial charge < -0.3 is 15.1 Å². The van der Waals surface area contributed by atoms with Gasteiger partial charge in [-0.3, -0.25) is 4.79 Å². The number of hydrogen-bond donors (Lipinski definition) is 1. The van der Waals surface area contributed by atoms with Crippen molar-refractivity contribution in [2.24, 2.45) is 0 Å². The van der Waals surface area contributed by atoms with Crippen LogP contribution in [0, 0.1) is 0 Å². The van der Waals surface area contributed by atoms with E-state index in [0.717, 1.165) is 0 Å². The number of amides is 3. The molecule has 1 aromatic rings. The second-order valence-electron chi connectivity index (χ2n) is 3.56. The minimum atomic E-state index is -0.230. The van der Waals surface area contributed by atoms with Crippen molar-refractivity contribution < 1.29 is 9.59 Å². The van der Waals surface area contributed by atoms with Crippen LogP contribution >= 0.6 is 0 Å². The van der Waals surface area contributed by atoms with Gasteiger partial charge >= 0.3 is 6.03 Å². The largest absolute Gasteiger partial charge is 0.331 e. The zero-order valence-corrected chi connectivity index (χ0v) is 9.60. The number of para-hydroxylation sites is 2. The van der Waals surface area contributed by atoms with Crippen molar-refractivity contribution in [3.8, 4) is 0 Å². The van der Waals surface area contributed by atoms with E-state index in [1.807, 2.05) is 0 Å². The second-order valence-corrected chi connectivity index (χ2v) is 3.56. The second kappa shape index (κ2) is 5.16. The molecule has 0 aliphatic rings. The number of carbonyl (C=O) groups excluding carboxylic acids is 2. The molecule has 0 heterocycles. The van der Waals surface area contributed by atoms with Crippen LogP contribution in [0.5, 0.6) is 0 Å². The van der Waals surface area contributed by atoms with Crippen molar-refractivity contribution >= 4 is 23.8 Å². The predicted molar refractivity (Wildman–Crippen MR) is 63.6 cm³/mol. The first-order valence-electron chi connectivity index (χ1n) is 4.81. The molecule has 16 heavy (non-hydrogen) atoms. The number of urea groups is 1. The molecule has 0 radical (unpaired) electrons. The maximum absolute atomic E-state index is 11.5. The average Bonchev–Trinajstić information content (AvgIpc) is 2.28. The van der Waals surface area contributed by atoms with E-state index in [9.17, 15) is 9.59 Å². The Kier molecular flexibility index (Phi) is 3.88. The van der Waals surface area contributed by atoms with Gasteiger partial charge in [-0.2, -0.15) is 0 Å². The van der Waals surface area contributed by atoms with E-state index in [2.05, 4.69) is 5.32 Å². The molecular weight excluding hydrogens is 206 g/mol.